The van der Waals surface area contributed by atoms with Crippen molar-refractivity contribution >= 4 is 23.2 Å². The smallest absolute Gasteiger partial charge is 0.0627 e. The third-order valence-electron chi connectivity index (χ3n) is 3.85. The lowest BCUT2D eigenvalue weighted by Crippen LogP contribution is -2.23. The van der Waals surface area contributed by atoms with Crippen molar-refractivity contribution in [3.05, 3.63) is 33.8 Å². The topological polar surface area (TPSA) is 26.0 Å². The van der Waals surface area contributed by atoms with E-state index in [0.717, 1.165) is 5.56 Å². The Morgan fingerprint density at radius 3 is 2.53 bits per heavy atom. The highest BCUT2D eigenvalue weighted by molar-refractivity contribution is 6.42. The van der Waals surface area contributed by atoms with E-state index < -0.39 is 0 Å². The quantitative estimate of drug-likeness (QED) is 0.853. The summed E-state index contributed by atoms with van der Waals surface area (Å²) < 4.78 is 0. The second kappa shape index (κ2) is 6.08. The first-order valence-corrected chi connectivity index (χ1v) is 7.13. The van der Waals surface area contributed by atoms with Gasteiger partial charge in [-0.15, -0.1) is 0 Å². The standard InChI is InChI=1S/C14H19Cl2N/c15-13-8-4-7-11(14(13)16)12(9-17)10-5-2-1-3-6-10/h4,7-8,10,12H,1-3,5-6,9,17H2. The van der Waals surface area contributed by atoms with E-state index in [4.69, 9.17) is 28.9 Å². The molecule has 0 radical (unpaired) electrons. The molecule has 1 aromatic rings. The summed E-state index contributed by atoms with van der Waals surface area (Å²) in [5.74, 6) is 1.03. The van der Waals surface area contributed by atoms with E-state index in [1.165, 1.54) is 32.1 Å². The van der Waals surface area contributed by atoms with E-state index in [2.05, 4.69) is 6.07 Å². The molecule has 0 saturated heterocycles. The maximum Gasteiger partial charge on any atom is 0.0627 e. The predicted octanol–water partition coefficient (Wildman–Crippen LogP) is 4.62. The third kappa shape index (κ3) is 2.96. The van der Waals surface area contributed by atoms with Crippen LogP contribution in [0.3, 0.4) is 0 Å². The van der Waals surface area contributed by atoms with Crippen LogP contribution in [0.15, 0.2) is 18.2 Å². The number of benzene rings is 1. The lowest BCUT2D eigenvalue weighted by Gasteiger charge is -2.30. The van der Waals surface area contributed by atoms with Gasteiger partial charge in [-0.1, -0.05) is 54.6 Å². The number of nitrogens with two attached hydrogens (primary N) is 1. The van der Waals surface area contributed by atoms with Gasteiger partial charge in [0.15, 0.2) is 0 Å². The summed E-state index contributed by atoms with van der Waals surface area (Å²) in [6.45, 7) is 0.657. The van der Waals surface area contributed by atoms with Crippen LogP contribution in [0.25, 0.3) is 0 Å². The zero-order valence-electron chi connectivity index (χ0n) is 9.96. The first kappa shape index (κ1) is 13.2. The van der Waals surface area contributed by atoms with Crippen molar-refractivity contribution in [3.8, 4) is 0 Å². The van der Waals surface area contributed by atoms with Crippen molar-refractivity contribution in [2.24, 2.45) is 11.7 Å². The van der Waals surface area contributed by atoms with Gasteiger partial charge in [0.25, 0.3) is 0 Å². The summed E-state index contributed by atoms with van der Waals surface area (Å²) in [5, 5.41) is 1.33. The average Bonchev–Trinajstić information content (AvgIpc) is 2.37. The van der Waals surface area contributed by atoms with E-state index in [1.54, 1.807) is 0 Å². The van der Waals surface area contributed by atoms with Crippen LogP contribution < -0.4 is 5.73 Å². The first-order valence-electron chi connectivity index (χ1n) is 6.38. The summed E-state index contributed by atoms with van der Waals surface area (Å²) in [6.07, 6.45) is 6.53. The minimum atomic E-state index is 0.362. The maximum absolute atomic E-state index is 6.30. The number of halogens is 2. The Morgan fingerprint density at radius 1 is 1.18 bits per heavy atom. The van der Waals surface area contributed by atoms with Gasteiger partial charge in [-0.2, -0.15) is 0 Å². The molecule has 3 heteroatoms. The zero-order chi connectivity index (χ0) is 12.3. The van der Waals surface area contributed by atoms with Crippen molar-refractivity contribution in [1.29, 1.82) is 0 Å². The van der Waals surface area contributed by atoms with Crippen LogP contribution in [0.4, 0.5) is 0 Å². The first-order chi connectivity index (χ1) is 8.24. The Balaban J connectivity index is 2.24. The van der Waals surface area contributed by atoms with Crippen molar-refractivity contribution < 1.29 is 0 Å². The molecule has 0 spiro atoms. The SMILES string of the molecule is NCC(c1cccc(Cl)c1Cl)C1CCCCC1. The molecule has 1 aliphatic rings. The van der Waals surface area contributed by atoms with Crippen LogP contribution in [0.2, 0.25) is 10.0 Å². The second-order valence-corrected chi connectivity index (χ2v) is 5.67. The van der Waals surface area contributed by atoms with Crippen LogP contribution in [0.5, 0.6) is 0 Å². The van der Waals surface area contributed by atoms with E-state index in [-0.39, 0.29) is 0 Å². The van der Waals surface area contributed by atoms with Crippen LogP contribution in [-0.4, -0.2) is 6.54 Å². The number of hydrogen-bond acceptors (Lipinski definition) is 1. The van der Waals surface area contributed by atoms with Gasteiger partial charge in [0.1, 0.15) is 0 Å². The molecule has 0 heterocycles. The highest BCUT2D eigenvalue weighted by atomic mass is 35.5. The molecule has 2 N–H and O–H groups in total. The van der Waals surface area contributed by atoms with Gasteiger partial charge >= 0.3 is 0 Å². The van der Waals surface area contributed by atoms with Crippen molar-refractivity contribution in [3.63, 3.8) is 0 Å². The molecule has 0 bridgehead atoms. The van der Waals surface area contributed by atoms with Gasteiger partial charge in [-0.25, -0.2) is 0 Å². The van der Waals surface area contributed by atoms with Gasteiger partial charge in [0, 0.05) is 5.92 Å². The molecule has 1 aliphatic carbocycles. The van der Waals surface area contributed by atoms with Crippen LogP contribution in [0.1, 0.15) is 43.6 Å². The minimum absolute atomic E-state index is 0.362. The highest BCUT2D eigenvalue weighted by Crippen LogP contribution is 2.39. The van der Waals surface area contributed by atoms with Gasteiger partial charge in [-0.3, -0.25) is 0 Å². The fraction of sp³-hybridized carbons (Fsp3) is 0.571. The summed E-state index contributed by atoms with van der Waals surface area (Å²) in [6, 6.07) is 5.87. The Labute approximate surface area is 113 Å². The lowest BCUT2D eigenvalue weighted by molar-refractivity contribution is 0.307. The molecule has 1 atom stereocenters. The van der Waals surface area contributed by atoms with Crippen molar-refractivity contribution in [2.75, 3.05) is 6.54 Å². The molecule has 94 valence electrons. The molecular weight excluding hydrogens is 253 g/mol. The summed E-state index contributed by atoms with van der Waals surface area (Å²) >= 11 is 12.4. The molecule has 2 rings (SSSR count). The maximum atomic E-state index is 6.30. The molecule has 0 aliphatic heterocycles. The molecule has 17 heavy (non-hydrogen) atoms. The Kier molecular flexibility index (Phi) is 4.72. The van der Waals surface area contributed by atoms with Crippen LogP contribution in [0, 0.1) is 5.92 Å². The van der Waals surface area contributed by atoms with Crippen LogP contribution in [-0.2, 0) is 0 Å². The van der Waals surface area contributed by atoms with Crippen molar-refractivity contribution in [1.82, 2.24) is 0 Å². The monoisotopic (exact) mass is 271 g/mol. The predicted molar refractivity (Wildman–Crippen MR) is 74.8 cm³/mol. The normalized spacial score (nSPS) is 19.2. The molecule has 1 aromatic carbocycles. The molecule has 0 amide bonds. The second-order valence-electron chi connectivity index (χ2n) is 4.88. The molecule has 1 nitrogen and oxygen atoms in total. The molecular formula is C14H19Cl2N. The minimum Gasteiger partial charge on any atom is -0.330 e. The average molecular weight is 272 g/mol. The third-order valence-corrected chi connectivity index (χ3v) is 4.69. The Bertz CT molecular complexity index is 372. The fourth-order valence-corrected chi connectivity index (χ4v) is 3.36. The van der Waals surface area contributed by atoms with Gasteiger partial charge in [-0.05, 0) is 36.9 Å². The van der Waals surface area contributed by atoms with E-state index in [0.29, 0.717) is 28.4 Å². The largest absolute Gasteiger partial charge is 0.330 e. The molecule has 1 unspecified atom stereocenters. The lowest BCUT2D eigenvalue weighted by atomic mass is 9.77. The van der Waals surface area contributed by atoms with Gasteiger partial charge < -0.3 is 5.73 Å². The fourth-order valence-electron chi connectivity index (χ4n) is 2.92. The van der Waals surface area contributed by atoms with Crippen molar-refractivity contribution in [2.45, 2.75) is 38.0 Å². The summed E-state index contributed by atoms with van der Waals surface area (Å²) in [4.78, 5) is 0. The highest BCUT2D eigenvalue weighted by Gasteiger charge is 2.25. The zero-order valence-corrected chi connectivity index (χ0v) is 11.5. The van der Waals surface area contributed by atoms with E-state index >= 15 is 0 Å². The van der Waals surface area contributed by atoms with Gasteiger partial charge in [0.05, 0.1) is 10.0 Å². The Morgan fingerprint density at radius 2 is 1.88 bits per heavy atom. The summed E-state index contributed by atoms with van der Waals surface area (Å²) in [5.41, 5.74) is 7.09. The Hall–Kier alpha value is -0.240. The number of hydrogen-bond donors (Lipinski definition) is 1. The van der Waals surface area contributed by atoms with Gasteiger partial charge in [0.2, 0.25) is 0 Å². The summed E-state index contributed by atoms with van der Waals surface area (Å²) in [7, 11) is 0. The van der Waals surface area contributed by atoms with E-state index in [1.807, 2.05) is 12.1 Å². The molecule has 1 fully saturated rings. The molecule has 0 aromatic heterocycles. The van der Waals surface area contributed by atoms with E-state index in [9.17, 15) is 0 Å². The van der Waals surface area contributed by atoms with Crippen LogP contribution >= 0.6 is 23.2 Å². The molecule has 1 saturated carbocycles. The number of rotatable bonds is 3.